The van der Waals surface area contributed by atoms with Gasteiger partial charge in [-0.15, -0.1) is 0 Å². The lowest BCUT2D eigenvalue weighted by molar-refractivity contribution is -0.113. The second-order valence-electron chi connectivity index (χ2n) is 7.91. The van der Waals surface area contributed by atoms with Crippen LogP contribution in [0.4, 0.5) is 10.8 Å². The van der Waals surface area contributed by atoms with Crippen LogP contribution >= 0.6 is 23.1 Å². The van der Waals surface area contributed by atoms with E-state index in [1.54, 1.807) is 22.8 Å². The van der Waals surface area contributed by atoms with Crippen LogP contribution in [0.1, 0.15) is 32.7 Å². The maximum Gasteiger partial charge on any atom is 0.274 e. The Kier molecular flexibility index (Phi) is 5.68. The highest BCUT2D eigenvalue weighted by molar-refractivity contribution is 7.99. The summed E-state index contributed by atoms with van der Waals surface area (Å²) < 4.78 is 12.9. The van der Waals surface area contributed by atoms with Crippen molar-refractivity contribution in [2.75, 3.05) is 35.9 Å². The topological polar surface area (TPSA) is 98.6 Å². The van der Waals surface area contributed by atoms with Gasteiger partial charge in [0.15, 0.2) is 27.4 Å². The predicted molar refractivity (Wildman–Crippen MR) is 125 cm³/mol. The molecule has 0 unspecified atom stereocenters. The van der Waals surface area contributed by atoms with E-state index in [0.29, 0.717) is 32.7 Å². The van der Waals surface area contributed by atoms with E-state index in [4.69, 9.17) is 9.47 Å². The third kappa shape index (κ3) is 4.02. The first-order chi connectivity index (χ1) is 15.5. The molecule has 0 spiro atoms. The molecule has 0 bridgehead atoms. The zero-order valence-electron chi connectivity index (χ0n) is 17.8. The van der Waals surface area contributed by atoms with Gasteiger partial charge in [0.2, 0.25) is 12.7 Å². The number of amides is 1. The van der Waals surface area contributed by atoms with Crippen LogP contribution in [0.2, 0.25) is 0 Å². The lowest BCUT2D eigenvalue weighted by atomic mass is 10.3. The maximum atomic E-state index is 13.2. The van der Waals surface area contributed by atoms with Crippen molar-refractivity contribution in [3.05, 3.63) is 28.6 Å². The Morgan fingerprint density at radius 1 is 1.22 bits per heavy atom. The summed E-state index contributed by atoms with van der Waals surface area (Å²) in [7, 11) is 0. The molecule has 4 heterocycles. The van der Waals surface area contributed by atoms with Crippen molar-refractivity contribution in [2.24, 2.45) is 0 Å². The summed E-state index contributed by atoms with van der Waals surface area (Å²) in [6.45, 7) is 5.97. The molecule has 0 atom stereocenters. The minimum Gasteiger partial charge on any atom is -0.454 e. The molecule has 2 aliphatic heterocycles. The number of thiazole rings is 1. The number of nitrogens with zero attached hydrogens (tertiary/aromatic N) is 4. The minimum absolute atomic E-state index is 0.0869. The first kappa shape index (κ1) is 21.1. The molecule has 32 heavy (non-hydrogen) atoms. The van der Waals surface area contributed by atoms with E-state index in [9.17, 15) is 9.59 Å². The van der Waals surface area contributed by atoms with E-state index >= 15 is 0 Å². The fourth-order valence-electron chi connectivity index (χ4n) is 3.76. The van der Waals surface area contributed by atoms with Gasteiger partial charge in [0.25, 0.3) is 5.56 Å². The van der Waals surface area contributed by atoms with Crippen LogP contribution in [0.15, 0.2) is 28.2 Å². The molecule has 1 saturated heterocycles. The number of benzene rings is 1. The molecule has 1 N–H and O–H groups in total. The Balaban J connectivity index is 1.36. The highest BCUT2D eigenvalue weighted by Crippen LogP contribution is 2.34. The molecule has 1 fully saturated rings. The van der Waals surface area contributed by atoms with Gasteiger partial charge in [0.05, 0.1) is 5.75 Å². The van der Waals surface area contributed by atoms with Crippen LogP contribution in [0.3, 0.4) is 0 Å². The van der Waals surface area contributed by atoms with E-state index in [2.05, 4.69) is 20.2 Å². The van der Waals surface area contributed by atoms with Gasteiger partial charge in [-0.2, -0.15) is 4.98 Å². The van der Waals surface area contributed by atoms with E-state index < -0.39 is 0 Å². The molecule has 9 nitrogen and oxygen atoms in total. The Hall–Kier alpha value is -2.79. The first-order valence-corrected chi connectivity index (χ1v) is 12.3. The second-order valence-corrected chi connectivity index (χ2v) is 9.83. The van der Waals surface area contributed by atoms with E-state index in [0.717, 1.165) is 31.1 Å². The number of anilines is 2. The number of thioether (sulfide) groups is 1. The Morgan fingerprint density at radius 2 is 2.00 bits per heavy atom. The smallest absolute Gasteiger partial charge is 0.274 e. The molecule has 11 heteroatoms. The largest absolute Gasteiger partial charge is 0.454 e. The number of nitrogens with one attached hydrogen (secondary N) is 1. The normalized spacial score (nSPS) is 15.2. The molecular formula is C21H23N5O4S2. The Labute approximate surface area is 192 Å². The van der Waals surface area contributed by atoms with Crippen molar-refractivity contribution in [3.8, 4) is 11.5 Å². The average molecular weight is 474 g/mol. The third-order valence-corrected chi connectivity index (χ3v) is 7.35. The summed E-state index contributed by atoms with van der Waals surface area (Å²) in [5, 5.41) is 4.20. The van der Waals surface area contributed by atoms with Crippen molar-refractivity contribution >= 4 is 50.2 Å². The number of fused-ring (bicyclic) bond motifs is 2. The molecule has 0 aliphatic carbocycles. The fraction of sp³-hybridized carbons (Fsp3) is 0.429. The molecule has 3 aromatic rings. The third-order valence-electron chi connectivity index (χ3n) is 5.30. The van der Waals surface area contributed by atoms with Crippen LogP contribution in [0, 0.1) is 0 Å². The lowest BCUT2D eigenvalue weighted by Crippen LogP contribution is -2.25. The first-order valence-electron chi connectivity index (χ1n) is 10.5. The van der Waals surface area contributed by atoms with Gasteiger partial charge >= 0.3 is 0 Å². The molecular weight excluding hydrogens is 450 g/mol. The van der Waals surface area contributed by atoms with Gasteiger partial charge in [0, 0.05) is 30.9 Å². The highest BCUT2D eigenvalue weighted by Gasteiger charge is 2.22. The summed E-state index contributed by atoms with van der Waals surface area (Å²) in [5.74, 6) is 1.18. The molecule has 0 radical (unpaired) electrons. The van der Waals surface area contributed by atoms with Gasteiger partial charge in [-0.3, -0.25) is 14.2 Å². The van der Waals surface area contributed by atoms with Crippen LogP contribution in [-0.4, -0.2) is 46.1 Å². The van der Waals surface area contributed by atoms with Crippen molar-refractivity contribution in [2.45, 2.75) is 37.9 Å². The quantitative estimate of drug-likeness (QED) is 0.429. The van der Waals surface area contributed by atoms with Crippen LogP contribution in [0.5, 0.6) is 11.5 Å². The van der Waals surface area contributed by atoms with Gasteiger partial charge in [-0.1, -0.05) is 23.1 Å². The number of carbonyl (C=O) groups is 1. The number of carbonyl (C=O) groups excluding carboxylic acids is 1. The molecule has 168 valence electrons. The van der Waals surface area contributed by atoms with Crippen LogP contribution < -0.4 is 25.2 Å². The summed E-state index contributed by atoms with van der Waals surface area (Å²) >= 11 is 2.64. The Morgan fingerprint density at radius 3 is 2.78 bits per heavy atom. The van der Waals surface area contributed by atoms with Gasteiger partial charge in [0.1, 0.15) is 4.70 Å². The van der Waals surface area contributed by atoms with E-state index in [1.165, 1.54) is 23.1 Å². The van der Waals surface area contributed by atoms with Crippen molar-refractivity contribution < 1.29 is 14.3 Å². The predicted octanol–water partition coefficient (Wildman–Crippen LogP) is 3.49. The second kappa shape index (κ2) is 8.62. The van der Waals surface area contributed by atoms with Gasteiger partial charge in [-0.25, -0.2) is 4.98 Å². The summed E-state index contributed by atoms with van der Waals surface area (Å²) in [6.07, 6.45) is 2.28. The Bertz CT molecular complexity index is 1230. The SMILES string of the molecule is CC(C)n1c(SCC(=O)Nc2ccc3c(c2)OCO3)nc2nc(N3CCCC3)sc2c1=O. The van der Waals surface area contributed by atoms with Crippen molar-refractivity contribution in [1.29, 1.82) is 0 Å². The molecule has 2 aromatic heterocycles. The van der Waals surface area contributed by atoms with Crippen molar-refractivity contribution in [1.82, 2.24) is 14.5 Å². The number of hydrogen-bond acceptors (Lipinski definition) is 9. The number of hydrogen-bond donors (Lipinski definition) is 1. The lowest BCUT2D eigenvalue weighted by Gasteiger charge is -2.14. The maximum absolute atomic E-state index is 13.2. The number of ether oxygens (including phenoxy) is 2. The number of aromatic nitrogens is 3. The monoisotopic (exact) mass is 473 g/mol. The van der Waals surface area contributed by atoms with Crippen LogP contribution in [0.25, 0.3) is 10.3 Å². The number of rotatable bonds is 6. The molecule has 1 aromatic carbocycles. The van der Waals surface area contributed by atoms with Gasteiger partial charge in [-0.05, 0) is 38.8 Å². The molecule has 2 aliphatic rings. The van der Waals surface area contributed by atoms with E-state index in [1.807, 2.05) is 13.8 Å². The standard InChI is InChI=1S/C21H23N5O4S2/c1-12(2)26-19(28)17-18(23-20(32-17)25-7-3-4-8-25)24-21(26)31-10-16(27)22-13-5-6-14-15(9-13)30-11-29-14/h5-6,9,12H,3-4,7-8,10-11H2,1-2H3,(H,22,27). The zero-order chi connectivity index (χ0) is 22.2. The van der Waals surface area contributed by atoms with Gasteiger partial charge < -0.3 is 19.7 Å². The molecule has 1 amide bonds. The minimum atomic E-state index is -0.199. The fourth-order valence-corrected chi connectivity index (χ4v) is 5.67. The summed E-state index contributed by atoms with van der Waals surface area (Å²) in [4.78, 5) is 37.2. The zero-order valence-corrected chi connectivity index (χ0v) is 19.4. The molecule has 5 rings (SSSR count). The van der Waals surface area contributed by atoms with E-state index in [-0.39, 0.29) is 30.1 Å². The average Bonchev–Trinajstić information content (AvgIpc) is 3.51. The summed E-state index contributed by atoms with van der Waals surface area (Å²) in [5.41, 5.74) is 0.975. The summed E-state index contributed by atoms with van der Waals surface area (Å²) in [6, 6.07) is 5.17. The molecule has 0 saturated carbocycles. The highest BCUT2D eigenvalue weighted by atomic mass is 32.2. The van der Waals surface area contributed by atoms with Crippen molar-refractivity contribution in [3.63, 3.8) is 0 Å². The van der Waals surface area contributed by atoms with Crippen LogP contribution in [-0.2, 0) is 4.79 Å².